The number of aliphatic imine (C=N–C) groups is 1. The first-order valence-electron chi connectivity index (χ1n) is 7.62. The molecule has 1 aromatic heterocycles. The van der Waals surface area contributed by atoms with Gasteiger partial charge in [0, 0.05) is 17.4 Å². The van der Waals surface area contributed by atoms with E-state index in [0.717, 1.165) is 0 Å². The molecule has 2 heterocycles. The number of anilines is 2. The summed E-state index contributed by atoms with van der Waals surface area (Å²) in [5.74, 6) is -1.52. The molecular formula is C16H16N6O4. The molecule has 0 radical (unpaired) electrons. The topological polar surface area (TPSA) is 152 Å². The van der Waals surface area contributed by atoms with E-state index < -0.39 is 29.3 Å². The van der Waals surface area contributed by atoms with Gasteiger partial charge in [-0.05, 0) is 31.2 Å². The first-order chi connectivity index (χ1) is 12.4. The smallest absolute Gasteiger partial charge is 0.294 e. The lowest BCUT2D eigenvalue weighted by Crippen LogP contribution is -2.59. The number of benzene rings is 1. The monoisotopic (exact) mass is 356 g/mol. The van der Waals surface area contributed by atoms with Crippen molar-refractivity contribution in [1.82, 2.24) is 10.5 Å². The van der Waals surface area contributed by atoms with E-state index in [4.69, 9.17) is 10.3 Å². The molecule has 26 heavy (non-hydrogen) atoms. The van der Waals surface area contributed by atoms with Crippen LogP contribution in [0.2, 0.25) is 0 Å². The molecule has 3 amide bonds. The number of aromatic nitrogens is 1. The fraction of sp³-hybridized carbons (Fsp3) is 0.188. The predicted octanol–water partition coefficient (Wildman–Crippen LogP) is 0.110. The van der Waals surface area contributed by atoms with Gasteiger partial charge in [0.05, 0.1) is 12.5 Å². The number of nitrogens with one attached hydrogen (secondary N) is 3. The van der Waals surface area contributed by atoms with Crippen molar-refractivity contribution in [3.8, 4) is 0 Å². The molecule has 10 nitrogen and oxygen atoms in total. The van der Waals surface area contributed by atoms with Gasteiger partial charge in [-0.25, -0.2) is 0 Å². The standard InChI is InChI=1S/C16H16N6O4/c1-16(15(17)25)12(18-8-19-16)14(24)22-10-4-2-9(3-5-10)21-13(23)11-6-7-20-26-11/h2-8,12H,1H3,(H2,17,25)(H,18,19)(H,21,23)(H,22,24). The summed E-state index contributed by atoms with van der Waals surface area (Å²) in [6, 6.07) is 6.87. The Balaban J connectivity index is 1.64. The second-order valence-electron chi connectivity index (χ2n) is 5.79. The highest BCUT2D eigenvalue weighted by atomic mass is 16.5. The molecule has 5 N–H and O–H groups in total. The largest absolute Gasteiger partial charge is 0.368 e. The number of amides is 3. The molecular weight excluding hydrogens is 340 g/mol. The first-order valence-corrected chi connectivity index (χ1v) is 7.62. The number of carbonyl (C=O) groups is 3. The Hall–Kier alpha value is -3.69. The van der Waals surface area contributed by atoms with Crippen molar-refractivity contribution < 1.29 is 18.9 Å². The summed E-state index contributed by atoms with van der Waals surface area (Å²) in [5, 5.41) is 11.5. The molecule has 1 aliphatic rings. The van der Waals surface area contributed by atoms with Crippen molar-refractivity contribution in [2.24, 2.45) is 10.7 Å². The molecule has 0 saturated heterocycles. The minimum Gasteiger partial charge on any atom is -0.368 e. The lowest BCUT2D eigenvalue weighted by atomic mass is 9.92. The summed E-state index contributed by atoms with van der Waals surface area (Å²) in [5.41, 5.74) is 5.04. The summed E-state index contributed by atoms with van der Waals surface area (Å²) in [4.78, 5) is 39.8. The first kappa shape index (κ1) is 17.1. The van der Waals surface area contributed by atoms with Crippen molar-refractivity contribution in [3.05, 3.63) is 42.3 Å². The van der Waals surface area contributed by atoms with Crippen LogP contribution in [0.3, 0.4) is 0 Å². The third-order valence-electron chi connectivity index (χ3n) is 3.97. The minimum atomic E-state index is -1.28. The molecule has 134 valence electrons. The Morgan fingerprint density at radius 3 is 2.38 bits per heavy atom. The van der Waals surface area contributed by atoms with Gasteiger partial charge in [0.2, 0.25) is 11.7 Å². The number of primary amides is 1. The van der Waals surface area contributed by atoms with Crippen LogP contribution in [0.5, 0.6) is 0 Å². The van der Waals surface area contributed by atoms with Crippen molar-refractivity contribution in [1.29, 1.82) is 0 Å². The van der Waals surface area contributed by atoms with Crippen LogP contribution in [-0.2, 0) is 9.59 Å². The molecule has 2 atom stereocenters. The van der Waals surface area contributed by atoms with Crippen LogP contribution >= 0.6 is 0 Å². The van der Waals surface area contributed by atoms with Crippen LogP contribution in [0.1, 0.15) is 17.5 Å². The van der Waals surface area contributed by atoms with Gasteiger partial charge >= 0.3 is 0 Å². The summed E-state index contributed by atoms with van der Waals surface area (Å²) in [7, 11) is 0. The number of hydrogen-bond donors (Lipinski definition) is 4. The lowest BCUT2D eigenvalue weighted by molar-refractivity contribution is -0.128. The second kappa shape index (κ2) is 6.67. The Morgan fingerprint density at radius 2 is 1.81 bits per heavy atom. The normalized spacial score (nSPS) is 21.0. The molecule has 0 saturated carbocycles. The van der Waals surface area contributed by atoms with E-state index in [1.54, 1.807) is 24.3 Å². The van der Waals surface area contributed by atoms with Crippen molar-refractivity contribution >= 4 is 35.4 Å². The molecule has 0 fully saturated rings. The fourth-order valence-electron chi connectivity index (χ4n) is 2.38. The zero-order valence-corrected chi connectivity index (χ0v) is 13.7. The second-order valence-corrected chi connectivity index (χ2v) is 5.79. The summed E-state index contributed by atoms with van der Waals surface area (Å²) in [6.45, 7) is 1.51. The number of carbonyl (C=O) groups excluding carboxylic acids is 3. The molecule has 0 spiro atoms. The predicted molar refractivity (Wildman–Crippen MR) is 92.5 cm³/mol. The molecule has 0 aliphatic carbocycles. The number of rotatable bonds is 5. The van der Waals surface area contributed by atoms with E-state index in [1.807, 2.05) is 0 Å². The van der Waals surface area contributed by atoms with E-state index in [0.29, 0.717) is 11.4 Å². The Morgan fingerprint density at radius 1 is 1.15 bits per heavy atom. The van der Waals surface area contributed by atoms with Gasteiger partial charge in [-0.3, -0.25) is 19.4 Å². The summed E-state index contributed by atoms with van der Waals surface area (Å²) >= 11 is 0. The SMILES string of the molecule is CC1(C(N)=O)NC=NC1C(=O)Nc1ccc(NC(=O)c2ccno2)cc1. The third-order valence-corrected chi connectivity index (χ3v) is 3.97. The molecule has 1 aliphatic heterocycles. The lowest BCUT2D eigenvalue weighted by Gasteiger charge is -2.26. The quantitative estimate of drug-likeness (QED) is 0.597. The average molecular weight is 356 g/mol. The zero-order chi connectivity index (χ0) is 18.7. The molecule has 1 aromatic carbocycles. The summed E-state index contributed by atoms with van der Waals surface area (Å²) < 4.78 is 4.76. The molecule has 3 rings (SSSR count). The van der Waals surface area contributed by atoms with Gasteiger partial charge in [0.15, 0.2) is 6.04 Å². The fourth-order valence-corrected chi connectivity index (χ4v) is 2.38. The van der Waals surface area contributed by atoms with E-state index in [9.17, 15) is 14.4 Å². The molecule has 2 unspecified atom stereocenters. The van der Waals surface area contributed by atoms with E-state index >= 15 is 0 Å². The van der Waals surface area contributed by atoms with Gasteiger partial charge in [0.1, 0.15) is 5.54 Å². The minimum absolute atomic E-state index is 0.0831. The maximum Gasteiger partial charge on any atom is 0.294 e. The van der Waals surface area contributed by atoms with Crippen LogP contribution in [0.15, 0.2) is 46.0 Å². The molecule has 10 heteroatoms. The van der Waals surface area contributed by atoms with E-state index in [1.165, 1.54) is 25.5 Å². The Kier molecular flexibility index (Phi) is 4.40. The van der Waals surface area contributed by atoms with Gasteiger partial charge in [-0.2, -0.15) is 0 Å². The maximum absolute atomic E-state index is 12.4. The highest BCUT2D eigenvalue weighted by molar-refractivity contribution is 6.05. The maximum atomic E-state index is 12.4. The average Bonchev–Trinajstić information content (AvgIpc) is 3.27. The van der Waals surface area contributed by atoms with E-state index in [-0.39, 0.29) is 5.76 Å². The number of hydrogen-bond acceptors (Lipinski definition) is 7. The third kappa shape index (κ3) is 3.24. The van der Waals surface area contributed by atoms with Crippen LogP contribution in [0.25, 0.3) is 0 Å². The molecule has 2 aromatic rings. The summed E-state index contributed by atoms with van der Waals surface area (Å²) in [6.07, 6.45) is 2.66. The van der Waals surface area contributed by atoms with Gasteiger partial charge < -0.3 is 26.2 Å². The van der Waals surface area contributed by atoms with Crippen molar-refractivity contribution in [2.45, 2.75) is 18.5 Å². The van der Waals surface area contributed by atoms with Crippen LogP contribution in [0.4, 0.5) is 11.4 Å². The zero-order valence-electron chi connectivity index (χ0n) is 13.7. The Bertz CT molecular complexity index is 861. The van der Waals surface area contributed by atoms with Gasteiger partial charge in [0.25, 0.3) is 11.8 Å². The van der Waals surface area contributed by atoms with Crippen molar-refractivity contribution in [3.63, 3.8) is 0 Å². The molecule has 0 bridgehead atoms. The van der Waals surface area contributed by atoms with Gasteiger partial charge in [-0.1, -0.05) is 5.16 Å². The van der Waals surface area contributed by atoms with Gasteiger partial charge in [-0.15, -0.1) is 0 Å². The van der Waals surface area contributed by atoms with Crippen LogP contribution in [-0.4, -0.2) is 40.8 Å². The Labute approximate surface area is 147 Å². The number of nitrogens with zero attached hydrogens (tertiary/aromatic N) is 2. The highest BCUT2D eigenvalue weighted by Crippen LogP contribution is 2.20. The van der Waals surface area contributed by atoms with Crippen LogP contribution in [0, 0.1) is 0 Å². The van der Waals surface area contributed by atoms with Crippen LogP contribution < -0.4 is 21.7 Å². The number of nitrogens with two attached hydrogens (primary N) is 1. The van der Waals surface area contributed by atoms with E-state index in [2.05, 4.69) is 26.1 Å². The van der Waals surface area contributed by atoms with Crippen molar-refractivity contribution in [2.75, 3.05) is 10.6 Å². The highest BCUT2D eigenvalue weighted by Gasteiger charge is 2.46.